The van der Waals surface area contributed by atoms with Gasteiger partial charge >= 0.3 is 0 Å². The monoisotopic (exact) mass is 417 g/mol. The molecule has 3 rings (SSSR count). The van der Waals surface area contributed by atoms with Gasteiger partial charge in [-0.3, -0.25) is 19.3 Å². The van der Waals surface area contributed by atoms with E-state index >= 15 is 0 Å². The Hall–Kier alpha value is -2.48. The van der Waals surface area contributed by atoms with Gasteiger partial charge in [0.15, 0.2) is 0 Å². The van der Waals surface area contributed by atoms with Crippen molar-refractivity contribution < 1.29 is 19.5 Å². The first-order chi connectivity index (χ1) is 13.9. The number of carbonyl (C=O) groups is 3. The summed E-state index contributed by atoms with van der Waals surface area (Å²) in [6, 6.07) is 5.27. The van der Waals surface area contributed by atoms with Crippen LogP contribution in [0.5, 0.6) is 5.75 Å². The summed E-state index contributed by atoms with van der Waals surface area (Å²) in [5.74, 6) is -0.636. The van der Waals surface area contributed by atoms with Crippen LogP contribution in [0.25, 0.3) is 6.08 Å². The quantitative estimate of drug-likeness (QED) is 0.716. The van der Waals surface area contributed by atoms with Crippen LogP contribution in [0.15, 0.2) is 23.1 Å². The Morgan fingerprint density at radius 1 is 1.17 bits per heavy atom. The van der Waals surface area contributed by atoms with Gasteiger partial charge in [-0.25, -0.2) is 0 Å². The summed E-state index contributed by atoms with van der Waals surface area (Å²) in [7, 11) is 0. The molecule has 0 bridgehead atoms. The van der Waals surface area contributed by atoms with Crippen LogP contribution in [0.3, 0.4) is 0 Å². The molecule has 0 aromatic heterocycles. The zero-order valence-electron chi connectivity index (χ0n) is 16.9. The van der Waals surface area contributed by atoms with E-state index in [9.17, 15) is 19.5 Å². The molecule has 7 nitrogen and oxygen atoms in total. The average molecular weight is 418 g/mol. The fourth-order valence-electron chi connectivity index (χ4n) is 3.60. The van der Waals surface area contributed by atoms with Crippen molar-refractivity contribution >= 4 is 40.6 Å². The van der Waals surface area contributed by atoms with E-state index in [-0.39, 0.29) is 23.1 Å². The third kappa shape index (κ3) is 4.75. The minimum Gasteiger partial charge on any atom is -0.507 e. The zero-order valence-corrected chi connectivity index (χ0v) is 17.7. The van der Waals surface area contributed by atoms with Crippen LogP contribution < -0.4 is 4.90 Å². The summed E-state index contributed by atoms with van der Waals surface area (Å²) in [4.78, 5) is 42.4. The number of anilines is 1. The lowest BCUT2D eigenvalue weighted by atomic mass is 10.1. The second kappa shape index (κ2) is 9.35. The molecule has 2 aliphatic rings. The van der Waals surface area contributed by atoms with Crippen molar-refractivity contribution in [2.24, 2.45) is 0 Å². The van der Waals surface area contributed by atoms with Crippen LogP contribution in [0.4, 0.5) is 10.5 Å². The lowest BCUT2D eigenvalue weighted by Crippen LogP contribution is -2.44. The number of carbonyl (C=O) groups excluding carboxylic acids is 3. The molecule has 0 atom stereocenters. The molecule has 0 aliphatic carbocycles. The number of hydrogen-bond donors (Lipinski definition) is 1. The fourth-order valence-corrected chi connectivity index (χ4v) is 4.42. The largest absolute Gasteiger partial charge is 0.507 e. The van der Waals surface area contributed by atoms with E-state index in [4.69, 9.17) is 0 Å². The molecule has 0 radical (unpaired) electrons. The number of phenolic OH excluding ortho intramolecular Hbond substituents is 1. The molecule has 3 amide bonds. The van der Waals surface area contributed by atoms with Crippen LogP contribution >= 0.6 is 11.8 Å². The van der Waals surface area contributed by atoms with Crippen molar-refractivity contribution in [1.29, 1.82) is 0 Å². The summed E-state index contributed by atoms with van der Waals surface area (Å²) in [6.07, 6.45) is 4.52. The number of hydrogen-bond acceptors (Lipinski definition) is 6. The van der Waals surface area contributed by atoms with Gasteiger partial charge in [0.2, 0.25) is 5.91 Å². The van der Waals surface area contributed by atoms with Crippen molar-refractivity contribution in [2.45, 2.75) is 33.1 Å². The highest BCUT2D eigenvalue weighted by molar-refractivity contribution is 8.18. The van der Waals surface area contributed by atoms with Gasteiger partial charge in [0, 0.05) is 43.5 Å². The Kier molecular flexibility index (Phi) is 6.84. The van der Waals surface area contributed by atoms with Crippen molar-refractivity contribution in [3.05, 3.63) is 28.7 Å². The SMILES string of the molecule is CCN(CC)c1ccc(/C=C2\SC(=O)N(CC(=O)N3CCCCC3)C2=O)c(O)c1. The molecule has 2 saturated heterocycles. The molecule has 2 aliphatic heterocycles. The highest BCUT2D eigenvalue weighted by atomic mass is 32.2. The maximum atomic E-state index is 12.7. The molecule has 8 heteroatoms. The summed E-state index contributed by atoms with van der Waals surface area (Å²) in [5.41, 5.74) is 1.36. The molecular formula is C21H27N3O4S. The Bertz CT molecular complexity index is 829. The number of aromatic hydroxyl groups is 1. The van der Waals surface area contributed by atoms with Crippen molar-refractivity contribution in [2.75, 3.05) is 37.6 Å². The first-order valence-corrected chi connectivity index (χ1v) is 10.9. The van der Waals surface area contributed by atoms with Gasteiger partial charge in [-0.1, -0.05) is 0 Å². The van der Waals surface area contributed by atoms with Crippen LogP contribution in [0.2, 0.25) is 0 Å². The second-order valence-electron chi connectivity index (χ2n) is 7.12. The molecule has 0 spiro atoms. The van der Waals surface area contributed by atoms with Crippen LogP contribution in [0.1, 0.15) is 38.7 Å². The van der Waals surface area contributed by atoms with E-state index in [1.165, 1.54) is 6.08 Å². The maximum absolute atomic E-state index is 12.7. The van der Waals surface area contributed by atoms with Gasteiger partial charge in [0.05, 0.1) is 4.91 Å². The Morgan fingerprint density at radius 2 is 1.86 bits per heavy atom. The number of amides is 3. The molecular weight excluding hydrogens is 390 g/mol. The number of nitrogens with zero attached hydrogens (tertiary/aromatic N) is 3. The number of likely N-dealkylation sites (tertiary alicyclic amines) is 1. The number of thioether (sulfide) groups is 1. The van der Waals surface area contributed by atoms with Gasteiger partial charge in [0.25, 0.3) is 11.1 Å². The molecule has 1 aromatic carbocycles. The molecule has 0 saturated carbocycles. The number of imide groups is 1. The second-order valence-corrected chi connectivity index (χ2v) is 8.12. The van der Waals surface area contributed by atoms with E-state index in [0.717, 1.165) is 54.7 Å². The first-order valence-electron chi connectivity index (χ1n) is 10.1. The number of phenols is 1. The Labute approximate surface area is 175 Å². The van der Waals surface area contributed by atoms with E-state index < -0.39 is 11.1 Å². The molecule has 29 heavy (non-hydrogen) atoms. The van der Waals surface area contributed by atoms with Gasteiger partial charge in [-0.2, -0.15) is 0 Å². The first kappa shape index (κ1) is 21.2. The molecule has 2 heterocycles. The number of benzene rings is 1. The number of rotatable bonds is 6. The van der Waals surface area contributed by atoms with Crippen molar-refractivity contribution in [3.63, 3.8) is 0 Å². The van der Waals surface area contributed by atoms with Gasteiger partial charge in [-0.15, -0.1) is 0 Å². The average Bonchev–Trinajstić information content (AvgIpc) is 2.99. The molecule has 0 unspecified atom stereocenters. The van der Waals surface area contributed by atoms with Gasteiger partial charge < -0.3 is 14.9 Å². The Balaban J connectivity index is 1.73. The molecule has 2 fully saturated rings. The topological polar surface area (TPSA) is 81.2 Å². The third-order valence-corrected chi connectivity index (χ3v) is 6.21. The van der Waals surface area contributed by atoms with Gasteiger partial charge in [-0.05, 0) is 63.1 Å². The van der Waals surface area contributed by atoms with E-state index in [0.29, 0.717) is 18.7 Å². The lowest BCUT2D eigenvalue weighted by Gasteiger charge is -2.27. The van der Waals surface area contributed by atoms with E-state index in [1.54, 1.807) is 17.0 Å². The summed E-state index contributed by atoms with van der Waals surface area (Å²) in [6.45, 7) is 6.84. The predicted octanol–water partition coefficient (Wildman–Crippen LogP) is 3.29. The predicted molar refractivity (Wildman–Crippen MR) is 115 cm³/mol. The summed E-state index contributed by atoms with van der Waals surface area (Å²) in [5, 5.41) is 9.92. The van der Waals surface area contributed by atoms with E-state index in [1.807, 2.05) is 19.9 Å². The standard InChI is InChI=1S/C21H27N3O4S/c1-3-22(4-2)16-9-8-15(17(25)13-16)12-18-20(27)24(21(28)29-18)14-19(26)23-10-6-5-7-11-23/h8-9,12-13,25H,3-7,10-11,14H2,1-2H3/b18-12-. The number of piperidine rings is 1. The van der Waals surface area contributed by atoms with Crippen LogP contribution in [-0.2, 0) is 9.59 Å². The Morgan fingerprint density at radius 3 is 2.48 bits per heavy atom. The van der Waals surface area contributed by atoms with E-state index in [2.05, 4.69) is 4.90 Å². The van der Waals surface area contributed by atoms with Crippen LogP contribution in [-0.4, -0.2) is 64.7 Å². The third-order valence-electron chi connectivity index (χ3n) is 5.30. The van der Waals surface area contributed by atoms with Gasteiger partial charge in [0.1, 0.15) is 12.3 Å². The van der Waals surface area contributed by atoms with Crippen molar-refractivity contribution in [3.8, 4) is 5.75 Å². The molecule has 156 valence electrons. The van der Waals surface area contributed by atoms with Crippen LogP contribution in [0, 0.1) is 0 Å². The summed E-state index contributed by atoms with van der Waals surface area (Å²) >= 11 is 0.800. The lowest BCUT2D eigenvalue weighted by molar-refractivity contribution is -0.136. The highest BCUT2D eigenvalue weighted by Gasteiger charge is 2.37. The highest BCUT2D eigenvalue weighted by Crippen LogP contribution is 2.35. The van der Waals surface area contributed by atoms with Crippen molar-refractivity contribution in [1.82, 2.24) is 9.80 Å². The maximum Gasteiger partial charge on any atom is 0.294 e. The molecule has 1 N–H and O–H groups in total. The summed E-state index contributed by atoms with van der Waals surface area (Å²) < 4.78 is 0. The fraction of sp³-hybridized carbons (Fsp3) is 0.476. The molecule has 1 aromatic rings. The smallest absolute Gasteiger partial charge is 0.294 e. The normalized spacial score (nSPS) is 18.6. The zero-order chi connectivity index (χ0) is 21.0. The minimum atomic E-state index is -0.488. The minimum absolute atomic E-state index is 0.0468.